The molecule has 0 aliphatic carbocycles. The highest BCUT2D eigenvalue weighted by atomic mass is 32.2. The van der Waals surface area contributed by atoms with Gasteiger partial charge in [-0.3, -0.25) is 4.79 Å². The highest BCUT2D eigenvalue weighted by molar-refractivity contribution is 7.99. The molecule has 0 fully saturated rings. The maximum atomic E-state index is 12.5. The number of nitrogens with two attached hydrogens (primary N) is 1. The molecule has 3 aromatic rings. The second-order valence-corrected chi connectivity index (χ2v) is 7.40. The molecule has 0 saturated carbocycles. The van der Waals surface area contributed by atoms with Crippen molar-refractivity contribution in [3.05, 3.63) is 52.8 Å². The summed E-state index contributed by atoms with van der Waals surface area (Å²) in [5, 5.41) is 13.0. The third-order valence-electron chi connectivity index (χ3n) is 4.26. The summed E-state index contributed by atoms with van der Waals surface area (Å²) >= 11 is 1.26. The number of aryl methyl sites for hydroxylation is 3. The molecule has 0 atom stereocenters. The van der Waals surface area contributed by atoms with Crippen LogP contribution in [0.1, 0.15) is 22.5 Å². The van der Waals surface area contributed by atoms with Crippen LogP contribution in [0, 0.1) is 20.8 Å². The number of nitrogen functional groups attached to an aromatic ring is 1. The highest BCUT2D eigenvalue weighted by Crippen LogP contribution is 2.18. The van der Waals surface area contributed by atoms with E-state index in [1.54, 1.807) is 16.6 Å². The van der Waals surface area contributed by atoms with Gasteiger partial charge in [-0.15, -0.1) is 10.2 Å². The minimum absolute atomic E-state index is 0.00100. The molecule has 0 unspecified atom stereocenters. The molecule has 2 heterocycles. The first-order valence-corrected chi connectivity index (χ1v) is 9.50. The van der Waals surface area contributed by atoms with Gasteiger partial charge in [0, 0.05) is 19.3 Å². The summed E-state index contributed by atoms with van der Waals surface area (Å²) in [6.07, 6.45) is 0. The van der Waals surface area contributed by atoms with Crippen LogP contribution in [0.15, 0.2) is 35.5 Å². The Morgan fingerprint density at radius 3 is 2.63 bits per heavy atom. The average molecular weight is 385 g/mol. The molecule has 9 heteroatoms. The van der Waals surface area contributed by atoms with Gasteiger partial charge in [0.15, 0.2) is 0 Å². The number of aromatic nitrogens is 5. The van der Waals surface area contributed by atoms with Gasteiger partial charge in [0.05, 0.1) is 11.4 Å². The van der Waals surface area contributed by atoms with E-state index in [-0.39, 0.29) is 11.7 Å². The lowest BCUT2D eigenvalue weighted by molar-refractivity contribution is -0.127. The van der Waals surface area contributed by atoms with E-state index in [9.17, 15) is 4.79 Å². The number of hydrogen-bond acceptors (Lipinski definition) is 6. The van der Waals surface area contributed by atoms with Crippen LogP contribution >= 0.6 is 11.8 Å². The van der Waals surface area contributed by atoms with E-state index in [0.717, 1.165) is 17.0 Å². The molecule has 2 N–H and O–H groups in total. The zero-order chi connectivity index (χ0) is 19.6. The van der Waals surface area contributed by atoms with Crippen LogP contribution in [0.3, 0.4) is 0 Å². The molecule has 3 rings (SSSR count). The third kappa shape index (κ3) is 4.13. The molecule has 0 bridgehead atoms. The van der Waals surface area contributed by atoms with E-state index in [1.165, 1.54) is 22.0 Å². The van der Waals surface area contributed by atoms with E-state index in [2.05, 4.69) is 15.3 Å². The van der Waals surface area contributed by atoms with E-state index in [0.29, 0.717) is 17.6 Å². The third-order valence-corrected chi connectivity index (χ3v) is 5.19. The van der Waals surface area contributed by atoms with Crippen molar-refractivity contribution in [2.75, 3.05) is 18.6 Å². The molecule has 0 saturated heterocycles. The van der Waals surface area contributed by atoms with Crippen molar-refractivity contribution in [3.8, 4) is 5.95 Å². The largest absolute Gasteiger partial charge is 0.341 e. The summed E-state index contributed by atoms with van der Waals surface area (Å²) < 4.78 is 3.00. The van der Waals surface area contributed by atoms with E-state index < -0.39 is 0 Å². The molecule has 0 radical (unpaired) electrons. The fourth-order valence-electron chi connectivity index (χ4n) is 2.71. The normalized spacial score (nSPS) is 11.0. The number of benzene rings is 1. The summed E-state index contributed by atoms with van der Waals surface area (Å²) in [6.45, 7) is 6.43. The van der Waals surface area contributed by atoms with Gasteiger partial charge in [-0.05, 0) is 38.0 Å². The molecule has 2 aromatic heterocycles. The van der Waals surface area contributed by atoms with Crippen molar-refractivity contribution in [2.45, 2.75) is 32.5 Å². The van der Waals surface area contributed by atoms with E-state index in [4.69, 9.17) is 5.84 Å². The summed E-state index contributed by atoms with van der Waals surface area (Å²) in [5.74, 6) is 6.75. The standard InChI is InChI=1S/C18H23N7OS/c1-12-7-5-6-8-15(12)10-23(4)16(26)11-27-18-21-20-17(24(18)19)25-14(3)9-13(2)22-25/h5-9H,10-11,19H2,1-4H3. The second-order valence-electron chi connectivity index (χ2n) is 6.46. The van der Waals surface area contributed by atoms with Crippen LogP contribution < -0.4 is 5.84 Å². The number of amides is 1. The van der Waals surface area contributed by atoms with Crippen molar-refractivity contribution in [2.24, 2.45) is 0 Å². The van der Waals surface area contributed by atoms with Gasteiger partial charge < -0.3 is 10.7 Å². The van der Waals surface area contributed by atoms with Gasteiger partial charge in [-0.2, -0.15) is 5.10 Å². The fraction of sp³-hybridized carbons (Fsp3) is 0.333. The predicted octanol–water partition coefficient (Wildman–Crippen LogP) is 1.85. The number of nitrogens with zero attached hydrogens (tertiary/aromatic N) is 6. The number of carbonyl (C=O) groups excluding carboxylic acids is 1. The van der Waals surface area contributed by atoms with Gasteiger partial charge in [-0.25, -0.2) is 9.36 Å². The molecule has 1 amide bonds. The molecule has 0 spiro atoms. The Morgan fingerprint density at radius 2 is 1.96 bits per heavy atom. The van der Waals surface area contributed by atoms with Crippen molar-refractivity contribution in [1.29, 1.82) is 0 Å². The fourth-order valence-corrected chi connectivity index (χ4v) is 3.50. The molecule has 8 nitrogen and oxygen atoms in total. The Bertz CT molecular complexity index is 963. The summed E-state index contributed by atoms with van der Waals surface area (Å²) in [5.41, 5.74) is 4.09. The second kappa shape index (κ2) is 7.83. The first-order valence-electron chi connectivity index (χ1n) is 8.52. The molecule has 0 aliphatic heterocycles. The lowest BCUT2D eigenvalue weighted by atomic mass is 10.1. The zero-order valence-corrected chi connectivity index (χ0v) is 16.7. The van der Waals surface area contributed by atoms with Crippen molar-refractivity contribution in [3.63, 3.8) is 0 Å². The SMILES string of the molecule is Cc1cc(C)n(-c2nnc(SCC(=O)N(C)Cc3ccccc3C)n2N)n1. The predicted molar refractivity (Wildman–Crippen MR) is 105 cm³/mol. The van der Waals surface area contributed by atoms with E-state index in [1.807, 2.05) is 51.1 Å². The molecule has 1 aromatic carbocycles. The van der Waals surface area contributed by atoms with Crippen LogP contribution in [-0.2, 0) is 11.3 Å². The minimum Gasteiger partial charge on any atom is -0.341 e. The number of rotatable bonds is 6. The van der Waals surface area contributed by atoms with Gasteiger partial charge in [0.25, 0.3) is 5.95 Å². The molecule has 142 valence electrons. The number of hydrogen-bond donors (Lipinski definition) is 1. The Balaban J connectivity index is 1.64. The highest BCUT2D eigenvalue weighted by Gasteiger charge is 2.17. The molecular formula is C18H23N7OS. The summed E-state index contributed by atoms with van der Waals surface area (Å²) in [4.78, 5) is 14.2. The van der Waals surface area contributed by atoms with Crippen molar-refractivity contribution >= 4 is 17.7 Å². The topological polar surface area (TPSA) is 94.9 Å². The Morgan fingerprint density at radius 1 is 1.22 bits per heavy atom. The molecular weight excluding hydrogens is 362 g/mol. The van der Waals surface area contributed by atoms with Crippen LogP contribution in [0.2, 0.25) is 0 Å². The smallest absolute Gasteiger partial charge is 0.271 e. The first kappa shape index (κ1) is 19.0. The van der Waals surface area contributed by atoms with Crippen LogP contribution in [-0.4, -0.2) is 48.3 Å². The maximum absolute atomic E-state index is 12.5. The van der Waals surface area contributed by atoms with Crippen molar-refractivity contribution < 1.29 is 4.79 Å². The summed E-state index contributed by atoms with van der Waals surface area (Å²) in [7, 11) is 1.80. The first-order chi connectivity index (χ1) is 12.9. The van der Waals surface area contributed by atoms with Gasteiger partial charge in [0.1, 0.15) is 0 Å². The Labute approximate surface area is 162 Å². The van der Waals surface area contributed by atoms with Gasteiger partial charge >= 0.3 is 0 Å². The lowest BCUT2D eigenvalue weighted by Gasteiger charge is -2.18. The monoisotopic (exact) mass is 385 g/mol. The summed E-state index contributed by atoms with van der Waals surface area (Å²) in [6, 6.07) is 9.98. The zero-order valence-electron chi connectivity index (χ0n) is 15.9. The van der Waals surface area contributed by atoms with E-state index >= 15 is 0 Å². The maximum Gasteiger partial charge on any atom is 0.271 e. The van der Waals surface area contributed by atoms with Crippen LogP contribution in [0.25, 0.3) is 5.95 Å². The molecule has 27 heavy (non-hydrogen) atoms. The van der Waals surface area contributed by atoms with Crippen LogP contribution in [0.5, 0.6) is 0 Å². The average Bonchev–Trinajstić information content (AvgIpc) is 3.15. The van der Waals surface area contributed by atoms with Gasteiger partial charge in [-0.1, -0.05) is 36.0 Å². The number of thioether (sulfide) groups is 1. The van der Waals surface area contributed by atoms with Gasteiger partial charge in [0.2, 0.25) is 11.1 Å². The number of carbonyl (C=O) groups is 1. The lowest BCUT2D eigenvalue weighted by Crippen LogP contribution is -2.28. The Kier molecular flexibility index (Phi) is 5.50. The Hall–Kier alpha value is -2.81. The van der Waals surface area contributed by atoms with Crippen LogP contribution in [0.4, 0.5) is 0 Å². The van der Waals surface area contributed by atoms with Crippen molar-refractivity contribution in [1.82, 2.24) is 29.6 Å². The molecule has 0 aliphatic rings. The minimum atomic E-state index is -0.00100. The quantitative estimate of drug-likeness (QED) is 0.514.